The van der Waals surface area contributed by atoms with Crippen LogP contribution in [0, 0.1) is 5.41 Å². The van der Waals surface area contributed by atoms with Crippen molar-refractivity contribution in [1.29, 1.82) is 5.41 Å². The molecule has 3 rings (SSSR count). The average Bonchev–Trinajstić information content (AvgIpc) is 3.05. The first kappa shape index (κ1) is 15.9. The van der Waals surface area contributed by atoms with Crippen molar-refractivity contribution in [3.63, 3.8) is 0 Å². The average molecular weight is 320 g/mol. The quantitative estimate of drug-likeness (QED) is 0.725. The third kappa shape index (κ3) is 2.93. The topological polar surface area (TPSA) is 74.5 Å². The number of nitrogens with one attached hydrogen (secondary N) is 2. The summed E-state index contributed by atoms with van der Waals surface area (Å²) in [6, 6.07) is 13.1. The van der Waals surface area contributed by atoms with E-state index < -0.39 is 0 Å². The Morgan fingerprint density at radius 2 is 1.88 bits per heavy atom. The second kappa shape index (κ2) is 5.92. The zero-order valence-corrected chi connectivity index (χ0v) is 14.0. The normalized spacial score (nSPS) is 11.5. The van der Waals surface area contributed by atoms with Gasteiger partial charge in [-0.3, -0.25) is 4.79 Å². The van der Waals surface area contributed by atoms with E-state index in [9.17, 15) is 4.79 Å². The van der Waals surface area contributed by atoms with Crippen molar-refractivity contribution in [3.8, 4) is 16.9 Å². The number of aromatic amines is 1. The van der Waals surface area contributed by atoms with E-state index in [1.165, 1.54) is 6.21 Å². The summed E-state index contributed by atoms with van der Waals surface area (Å²) in [5.41, 5.74) is 2.61. The van der Waals surface area contributed by atoms with Crippen molar-refractivity contribution in [2.75, 3.05) is 0 Å². The Labute approximate surface area is 140 Å². The summed E-state index contributed by atoms with van der Waals surface area (Å²) in [6.07, 6.45) is 3.04. The van der Waals surface area contributed by atoms with Crippen LogP contribution < -0.4 is 5.56 Å². The van der Waals surface area contributed by atoms with Crippen LogP contribution in [-0.4, -0.2) is 21.0 Å². The van der Waals surface area contributed by atoms with E-state index in [1.807, 2.05) is 36.4 Å². The Hall–Kier alpha value is -2.95. The first-order valence-corrected chi connectivity index (χ1v) is 7.80. The van der Waals surface area contributed by atoms with Crippen LogP contribution in [0.2, 0.25) is 0 Å². The van der Waals surface area contributed by atoms with E-state index in [1.54, 1.807) is 16.9 Å². The molecule has 0 radical (unpaired) electrons. The number of rotatable bonds is 3. The predicted octanol–water partition coefficient (Wildman–Crippen LogP) is 3.52. The largest absolute Gasteiger partial charge is 0.308 e. The molecule has 122 valence electrons. The number of H-pyrrole nitrogens is 1. The molecule has 0 amide bonds. The molecular formula is C19H20N4O. The molecule has 2 heterocycles. The third-order valence-electron chi connectivity index (χ3n) is 3.88. The van der Waals surface area contributed by atoms with Crippen molar-refractivity contribution in [3.05, 3.63) is 70.3 Å². The van der Waals surface area contributed by atoms with Gasteiger partial charge in [0.15, 0.2) is 0 Å². The van der Waals surface area contributed by atoms with E-state index in [0.717, 1.165) is 11.3 Å². The minimum Gasteiger partial charge on any atom is -0.308 e. The lowest BCUT2D eigenvalue weighted by Crippen LogP contribution is -2.17. The summed E-state index contributed by atoms with van der Waals surface area (Å²) < 4.78 is 1.62. The molecule has 1 aromatic carbocycles. The van der Waals surface area contributed by atoms with Gasteiger partial charge in [0.2, 0.25) is 0 Å². The molecular weight excluding hydrogens is 300 g/mol. The zero-order valence-electron chi connectivity index (χ0n) is 14.0. The third-order valence-corrected chi connectivity index (χ3v) is 3.88. The van der Waals surface area contributed by atoms with Crippen LogP contribution in [0.5, 0.6) is 0 Å². The molecule has 0 aliphatic heterocycles. The number of nitrogens with zero attached hydrogens (tertiary/aromatic N) is 2. The Morgan fingerprint density at radius 3 is 2.46 bits per heavy atom. The number of benzene rings is 1. The molecule has 0 unspecified atom stereocenters. The van der Waals surface area contributed by atoms with Crippen LogP contribution >= 0.6 is 0 Å². The summed E-state index contributed by atoms with van der Waals surface area (Å²) in [5.74, 6) is 0.505. The van der Waals surface area contributed by atoms with Gasteiger partial charge in [-0.2, -0.15) is 5.10 Å². The van der Waals surface area contributed by atoms with E-state index in [2.05, 4.69) is 30.9 Å². The van der Waals surface area contributed by atoms with Gasteiger partial charge in [-0.1, -0.05) is 51.1 Å². The number of hydrogen-bond acceptors (Lipinski definition) is 3. The zero-order chi connectivity index (χ0) is 17.3. The molecule has 0 atom stereocenters. The lowest BCUT2D eigenvalue weighted by atomic mass is 9.93. The first-order valence-electron chi connectivity index (χ1n) is 7.80. The fraction of sp³-hybridized carbons (Fsp3) is 0.211. The molecule has 2 aromatic heterocycles. The summed E-state index contributed by atoms with van der Waals surface area (Å²) in [7, 11) is 0. The second-order valence-electron chi connectivity index (χ2n) is 6.72. The number of hydrogen-bond donors (Lipinski definition) is 2. The van der Waals surface area contributed by atoms with Gasteiger partial charge >= 0.3 is 0 Å². The highest BCUT2D eigenvalue weighted by atomic mass is 16.1. The Morgan fingerprint density at radius 1 is 1.17 bits per heavy atom. The van der Waals surface area contributed by atoms with Gasteiger partial charge in [0.05, 0.1) is 5.69 Å². The van der Waals surface area contributed by atoms with Crippen LogP contribution in [0.4, 0.5) is 0 Å². The van der Waals surface area contributed by atoms with E-state index in [-0.39, 0.29) is 11.0 Å². The Bertz CT molecular complexity index is 930. The number of aromatic nitrogens is 3. The molecule has 3 aromatic rings. The molecule has 5 heteroatoms. The van der Waals surface area contributed by atoms with Crippen molar-refractivity contribution < 1.29 is 0 Å². The highest BCUT2D eigenvalue weighted by Crippen LogP contribution is 2.22. The standard InChI is InChI=1S/C19H20N4O/c1-19(2,3)16-9-10-23(22-16)17-14(12-20)11-15(18(24)21-17)13-7-5-4-6-8-13/h4-12,20H,1-3H3,(H,21,24). The fourth-order valence-electron chi connectivity index (χ4n) is 2.52. The monoisotopic (exact) mass is 320 g/mol. The van der Waals surface area contributed by atoms with Gasteiger partial charge in [-0.15, -0.1) is 0 Å². The molecule has 0 bridgehead atoms. The van der Waals surface area contributed by atoms with E-state index >= 15 is 0 Å². The summed E-state index contributed by atoms with van der Waals surface area (Å²) in [6.45, 7) is 6.25. The van der Waals surface area contributed by atoms with Gasteiger partial charge in [0.25, 0.3) is 5.56 Å². The van der Waals surface area contributed by atoms with Gasteiger partial charge in [0.1, 0.15) is 5.82 Å². The lowest BCUT2D eigenvalue weighted by molar-refractivity contribution is 0.559. The number of pyridine rings is 1. The molecule has 5 nitrogen and oxygen atoms in total. The highest BCUT2D eigenvalue weighted by molar-refractivity contribution is 5.84. The highest BCUT2D eigenvalue weighted by Gasteiger charge is 2.18. The van der Waals surface area contributed by atoms with Crippen LogP contribution in [0.1, 0.15) is 32.0 Å². The van der Waals surface area contributed by atoms with E-state index in [4.69, 9.17) is 5.41 Å². The van der Waals surface area contributed by atoms with Crippen LogP contribution in [0.25, 0.3) is 16.9 Å². The van der Waals surface area contributed by atoms with Gasteiger partial charge in [-0.05, 0) is 17.7 Å². The van der Waals surface area contributed by atoms with Crippen molar-refractivity contribution in [1.82, 2.24) is 14.8 Å². The van der Waals surface area contributed by atoms with Crippen molar-refractivity contribution >= 4 is 6.21 Å². The van der Waals surface area contributed by atoms with Crippen LogP contribution in [-0.2, 0) is 5.41 Å². The molecule has 0 saturated carbocycles. The second-order valence-corrected chi connectivity index (χ2v) is 6.72. The maximum atomic E-state index is 12.5. The molecule has 0 aliphatic carbocycles. The van der Waals surface area contributed by atoms with Gasteiger partial charge in [0, 0.05) is 29.0 Å². The predicted molar refractivity (Wildman–Crippen MR) is 96.2 cm³/mol. The Kier molecular flexibility index (Phi) is 3.93. The maximum absolute atomic E-state index is 12.5. The van der Waals surface area contributed by atoms with Crippen LogP contribution in [0.15, 0.2) is 53.5 Å². The minimum atomic E-state index is -0.199. The fourth-order valence-corrected chi connectivity index (χ4v) is 2.52. The van der Waals surface area contributed by atoms with Crippen molar-refractivity contribution in [2.24, 2.45) is 0 Å². The molecule has 0 spiro atoms. The Balaban J connectivity index is 2.14. The minimum absolute atomic E-state index is 0.0830. The van der Waals surface area contributed by atoms with Crippen molar-refractivity contribution in [2.45, 2.75) is 26.2 Å². The summed E-state index contributed by atoms with van der Waals surface area (Å²) >= 11 is 0. The lowest BCUT2D eigenvalue weighted by Gasteiger charge is -2.14. The maximum Gasteiger partial charge on any atom is 0.257 e. The molecule has 0 aliphatic rings. The molecule has 24 heavy (non-hydrogen) atoms. The smallest absolute Gasteiger partial charge is 0.257 e. The van der Waals surface area contributed by atoms with Crippen LogP contribution in [0.3, 0.4) is 0 Å². The first-order chi connectivity index (χ1) is 11.4. The SMILES string of the molecule is CC(C)(C)c1ccn(-c2[nH]c(=O)c(-c3ccccc3)cc2C=N)n1. The van der Waals surface area contributed by atoms with E-state index in [0.29, 0.717) is 16.9 Å². The van der Waals surface area contributed by atoms with Gasteiger partial charge < -0.3 is 10.4 Å². The summed E-state index contributed by atoms with van der Waals surface area (Å²) in [5, 5.41) is 12.3. The van der Waals surface area contributed by atoms with Gasteiger partial charge in [-0.25, -0.2) is 4.68 Å². The molecule has 2 N–H and O–H groups in total. The summed E-state index contributed by atoms with van der Waals surface area (Å²) in [4.78, 5) is 15.4. The molecule has 0 saturated heterocycles. The molecule has 0 fully saturated rings.